The molecule has 1 aromatic rings. The lowest BCUT2D eigenvalue weighted by Crippen LogP contribution is -2.38. The van der Waals surface area contributed by atoms with Gasteiger partial charge in [0.15, 0.2) is 0 Å². The summed E-state index contributed by atoms with van der Waals surface area (Å²) in [5.74, 6) is 1.05. The van der Waals surface area contributed by atoms with Crippen LogP contribution in [-0.2, 0) is 10.3 Å². The van der Waals surface area contributed by atoms with Crippen molar-refractivity contribution in [3.63, 3.8) is 0 Å². The van der Waals surface area contributed by atoms with Gasteiger partial charge in [-0.2, -0.15) is 0 Å². The third-order valence-corrected chi connectivity index (χ3v) is 3.90. The van der Waals surface area contributed by atoms with E-state index in [1.165, 1.54) is 19.3 Å². The molecule has 1 fully saturated rings. The molecule has 5 nitrogen and oxygen atoms in total. The lowest BCUT2D eigenvalue weighted by atomic mass is 9.88. The maximum absolute atomic E-state index is 11.4. The molecule has 100 valence electrons. The molecule has 1 N–H and O–H groups in total. The number of hydrogen-bond acceptors (Lipinski definition) is 3. The molecule has 0 bridgehead atoms. The van der Waals surface area contributed by atoms with Crippen molar-refractivity contribution in [3.8, 4) is 0 Å². The van der Waals surface area contributed by atoms with Gasteiger partial charge in [-0.25, -0.2) is 4.79 Å². The van der Waals surface area contributed by atoms with Gasteiger partial charge in [-0.05, 0) is 33.6 Å². The molecule has 0 atom stereocenters. The maximum Gasteiger partial charge on any atom is 0.329 e. The van der Waals surface area contributed by atoms with Crippen molar-refractivity contribution in [1.82, 2.24) is 14.8 Å². The summed E-state index contributed by atoms with van der Waals surface area (Å²) in [6, 6.07) is 0. The van der Waals surface area contributed by atoms with Crippen LogP contribution in [-0.4, -0.2) is 25.8 Å². The summed E-state index contributed by atoms with van der Waals surface area (Å²) in [6.07, 6.45) is 5.85. The number of aliphatic carboxylic acids is 1. The zero-order chi connectivity index (χ0) is 13.3. The Morgan fingerprint density at radius 2 is 1.89 bits per heavy atom. The Hall–Kier alpha value is -1.39. The van der Waals surface area contributed by atoms with E-state index in [0.717, 1.165) is 18.7 Å². The highest BCUT2D eigenvalue weighted by Gasteiger charge is 2.35. The number of carboxylic acids is 1. The molecule has 0 saturated heterocycles. The second-order valence-electron chi connectivity index (χ2n) is 5.64. The summed E-state index contributed by atoms with van der Waals surface area (Å²) in [5.41, 5.74) is -0.986. The molecule has 5 heteroatoms. The molecule has 1 aliphatic carbocycles. The Labute approximate surface area is 107 Å². The van der Waals surface area contributed by atoms with Gasteiger partial charge >= 0.3 is 5.97 Å². The smallest absolute Gasteiger partial charge is 0.329 e. The van der Waals surface area contributed by atoms with Crippen molar-refractivity contribution in [3.05, 3.63) is 11.6 Å². The van der Waals surface area contributed by atoms with Gasteiger partial charge in [0.1, 0.15) is 17.2 Å². The van der Waals surface area contributed by atoms with Crippen LogP contribution in [0.15, 0.2) is 0 Å². The number of aryl methyl sites for hydroxylation is 1. The molecule has 0 amide bonds. The second kappa shape index (κ2) is 4.71. The highest BCUT2D eigenvalue weighted by atomic mass is 16.4. The largest absolute Gasteiger partial charge is 0.480 e. The average molecular weight is 251 g/mol. The topological polar surface area (TPSA) is 68.0 Å². The molecule has 2 rings (SSSR count). The van der Waals surface area contributed by atoms with Crippen molar-refractivity contribution in [2.45, 2.75) is 64.3 Å². The van der Waals surface area contributed by atoms with Crippen LogP contribution < -0.4 is 0 Å². The number of rotatable bonds is 3. The van der Waals surface area contributed by atoms with Gasteiger partial charge in [-0.1, -0.05) is 19.3 Å². The first kappa shape index (κ1) is 13.1. The molecule has 1 heterocycles. The van der Waals surface area contributed by atoms with E-state index in [9.17, 15) is 9.90 Å². The van der Waals surface area contributed by atoms with Crippen LogP contribution in [0.3, 0.4) is 0 Å². The molecule has 0 aromatic carbocycles. The lowest BCUT2D eigenvalue weighted by Gasteiger charge is -2.28. The van der Waals surface area contributed by atoms with Crippen molar-refractivity contribution in [2.75, 3.05) is 0 Å². The monoisotopic (exact) mass is 251 g/mol. The maximum atomic E-state index is 11.4. The predicted octanol–water partition coefficient (Wildman–Crippen LogP) is 2.45. The first-order chi connectivity index (χ1) is 8.44. The minimum atomic E-state index is -0.986. The van der Waals surface area contributed by atoms with E-state index in [-0.39, 0.29) is 0 Å². The van der Waals surface area contributed by atoms with E-state index in [1.807, 2.05) is 6.92 Å². The number of aromatic nitrogens is 3. The molecule has 0 radical (unpaired) electrons. The molecule has 18 heavy (non-hydrogen) atoms. The molecular weight excluding hydrogens is 230 g/mol. The Morgan fingerprint density at radius 3 is 2.44 bits per heavy atom. The fraction of sp³-hybridized carbons (Fsp3) is 0.769. The first-order valence-electron chi connectivity index (χ1n) is 6.60. The summed E-state index contributed by atoms with van der Waals surface area (Å²) in [4.78, 5) is 11.4. The normalized spacial score (nSPS) is 17.9. The molecule has 0 aliphatic heterocycles. The van der Waals surface area contributed by atoms with Crippen LogP contribution in [0, 0.1) is 6.92 Å². The van der Waals surface area contributed by atoms with Gasteiger partial charge < -0.3 is 5.11 Å². The number of hydrogen-bond donors (Lipinski definition) is 1. The van der Waals surface area contributed by atoms with Gasteiger partial charge in [0, 0.05) is 5.92 Å². The van der Waals surface area contributed by atoms with E-state index in [0.29, 0.717) is 11.7 Å². The van der Waals surface area contributed by atoms with Crippen molar-refractivity contribution < 1.29 is 9.90 Å². The predicted molar refractivity (Wildman–Crippen MR) is 67.5 cm³/mol. The summed E-state index contributed by atoms with van der Waals surface area (Å²) in [6.45, 7) is 5.24. The lowest BCUT2D eigenvalue weighted by molar-refractivity contribution is -0.145. The van der Waals surface area contributed by atoms with E-state index in [4.69, 9.17) is 0 Å². The molecule has 0 unspecified atom stereocenters. The van der Waals surface area contributed by atoms with Gasteiger partial charge in [-0.3, -0.25) is 4.57 Å². The Balaban J connectivity index is 2.40. The first-order valence-corrected chi connectivity index (χ1v) is 6.60. The van der Waals surface area contributed by atoms with E-state index in [1.54, 1.807) is 18.4 Å². The minimum Gasteiger partial charge on any atom is -0.480 e. The van der Waals surface area contributed by atoms with Gasteiger partial charge in [0.05, 0.1) is 0 Å². The Morgan fingerprint density at radius 1 is 1.28 bits per heavy atom. The Bertz CT molecular complexity index is 445. The average Bonchev–Trinajstić information content (AvgIpc) is 2.72. The highest BCUT2D eigenvalue weighted by molar-refractivity contribution is 5.75. The van der Waals surface area contributed by atoms with Crippen LogP contribution in [0.5, 0.6) is 0 Å². The Kier molecular flexibility index (Phi) is 3.41. The fourth-order valence-corrected chi connectivity index (χ4v) is 2.79. The molecule has 1 aliphatic rings. The third kappa shape index (κ3) is 2.13. The molecular formula is C13H21N3O2. The molecule has 0 spiro atoms. The zero-order valence-corrected chi connectivity index (χ0v) is 11.3. The number of carbonyl (C=O) groups is 1. The number of nitrogens with zero attached hydrogens (tertiary/aromatic N) is 3. The van der Waals surface area contributed by atoms with Crippen molar-refractivity contribution >= 4 is 5.97 Å². The fourth-order valence-electron chi connectivity index (χ4n) is 2.79. The van der Waals surface area contributed by atoms with Gasteiger partial charge in [0.25, 0.3) is 0 Å². The van der Waals surface area contributed by atoms with Crippen LogP contribution in [0.4, 0.5) is 0 Å². The summed E-state index contributed by atoms with van der Waals surface area (Å²) in [7, 11) is 0. The zero-order valence-electron chi connectivity index (χ0n) is 11.3. The summed E-state index contributed by atoms with van der Waals surface area (Å²) >= 11 is 0. The molecule has 1 saturated carbocycles. The highest BCUT2D eigenvalue weighted by Crippen LogP contribution is 2.34. The van der Waals surface area contributed by atoms with Crippen molar-refractivity contribution in [2.24, 2.45) is 0 Å². The van der Waals surface area contributed by atoms with Crippen LogP contribution in [0.25, 0.3) is 0 Å². The summed E-state index contributed by atoms with van der Waals surface area (Å²) in [5, 5.41) is 17.7. The molecule has 1 aromatic heterocycles. The van der Waals surface area contributed by atoms with Crippen molar-refractivity contribution in [1.29, 1.82) is 0 Å². The van der Waals surface area contributed by atoms with Gasteiger partial charge in [-0.15, -0.1) is 10.2 Å². The second-order valence-corrected chi connectivity index (χ2v) is 5.64. The van der Waals surface area contributed by atoms with E-state index >= 15 is 0 Å². The standard InChI is InChI=1S/C13H21N3O2/c1-9-14-15-11(10-7-5-4-6-8-10)16(9)13(2,3)12(17)18/h10H,4-8H2,1-3H3,(H,17,18). The van der Waals surface area contributed by atoms with Crippen LogP contribution >= 0.6 is 0 Å². The summed E-state index contributed by atoms with van der Waals surface area (Å²) < 4.78 is 1.80. The van der Waals surface area contributed by atoms with Gasteiger partial charge in [0.2, 0.25) is 0 Å². The minimum absolute atomic E-state index is 0.360. The van der Waals surface area contributed by atoms with Crippen LogP contribution in [0.1, 0.15) is 63.5 Å². The third-order valence-electron chi connectivity index (χ3n) is 3.90. The SMILES string of the molecule is Cc1nnc(C2CCCCC2)n1C(C)(C)C(=O)O. The van der Waals surface area contributed by atoms with E-state index in [2.05, 4.69) is 10.2 Å². The number of carboxylic acid groups (broad SMARTS) is 1. The van der Waals surface area contributed by atoms with E-state index < -0.39 is 11.5 Å². The quantitative estimate of drug-likeness (QED) is 0.896. The van der Waals surface area contributed by atoms with Crippen LogP contribution in [0.2, 0.25) is 0 Å².